The van der Waals surface area contributed by atoms with Gasteiger partial charge in [0.2, 0.25) is 0 Å². The van der Waals surface area contributed by atoms with Crippen LogP contribution in [0.5, 0.6) is 0 Å². The lowest BCUT2D eigenvalue weighted by atomic mass is 9.86. The Balaban J connectivity index is 1.99. The molecule has 0 N–H and O–H groups in total. The number of ketones is 1. The summed E-state index contributed by atoms with van der Waals surface area (Å²) < 4.78 is 5.95. The van der Waals surface area contributed by atoms with Gasteiger partial charge in [-0.15, -0.1) is 0 Å². The molecule has 2 rings (SSSR count). The van der Waals surface area contributed by atoms with E-state index in [1.807, 2.05) is 25.1 Å². The molecule has 0 unspecified atom stereocenters. The summed E-state index contributed by atoms with van der Waals surface area (Å²) in [5.74, 6) is 0.310. The summed E-state index contributed by atoms with van der Waals surface area (Å²) in [5, 5.41) is 0. The van der Waals surface area contributed by atoms with Crippen molar-refractivity contribution in [3.8, 4) is 0 Å². The molecule has 20 heavy (non-hydrogen) atoms. The van der Waals surface area contributed by atoms with Gasteiger partial charge in [0.25, 0.3) is 0 Å². The SMILES string of the molecule is CCOC1(C(=O)CCc2ccccc2)CCCCCC1. The normalized spacial score (nSPS) is 18.4. The average molecular weight is 274 g/mol. The zero-order valence-electron chi connectivity index (χ0n) is 12.6. The molecule has 1 aromatic rings. The van der Waals surface area contributed by atoms with Gasteiger partial charge in [-0.05, 0) is 31.7 Å². The van der Waals surface area contributed by atoms with Crippen molar-refractivity contribution in [1.29, 1.82) is 0 Å². The second-order valence-electron chi connectivity index (χ2n) is 5.75. The Morgan fingerprint density at radius 3 is 2.35 bits per heavy atom. The van der Waals surface area contributed by atoms with E-state index in [0.29, 0.717) is 18.8 Å². The molecule has 0 aliphatic heterocycles. The van der Waals surface area contributed by atoms with Gasteiger partial charge in [-0.3, -0.25) is 4.79 Å². The first-order valence-corrected chi connectivity index (χ1v) is 7.98. The van der Waals surface area contributed by atoms with Crippen LogP contribution in [-0.2, 0) is 16.0 Å². The Kier molecular flexibility index (Phi) is 5.78. The second kappa shape index (κ2) is 7.58. The van der Waals surface area contributed by atoms with Crippen molar-refractivity contribution in [3.63, 3.8) is 0 Å². The Morgan fingerprint density at radius 2 is 1.75 bits per heavy atom. The molecule has 1 fully saturated rings. The topological polar surface area (TPSA) is 26.3 Å². The van der Waals surface area contributed by atoms with Crippen molar-refractivity contribution in [1.82, 2.24) is 0 Å². The number of rotatable bonds is 6. The first-order valence-electron chi connectivity index (χ1n) is 7.98. The lowest BCUT2D eigenvalue weighted by Crippen LogP contribution is -2.41. The lowest BCUT2D eigenvalue weighted by Gasteiger charge is -2.31. The Morgan fingerprint density at radius 1 is 1.10 bits per heavy atom. The molecule has 2 nitrogen and oxygen atoms in total. The van der Waals surface area contributed by atoms with Gasteiger partial charge in [0.05, 0.1) is 0 Å². The molecule has 0 bridgehead atoms. The third kappa shape index (κ3) is 3.92. The molecule has 0 radical (unpaired) electrons. The largest absolute Gasteiger partial charge is 0.368 e. The Labute approximate surface area is 122 Å². The number of hydrogen-bond donors (Lipinski definition) is 0. The van der Waals surface area contributed by atoms with E-state index >= 15 is 0 Å². The van der Waals surface area contributed by atoms with Crippen molar-refractivity contribution in [2.45, 2.75) is 63.9 Å². The van der Waals surface area contributed by atoms with Crippen LogP contribution < -0.4 is 0 Å². The number of carbonyl (C=O) groups excluding carboxylic acids is 1. The van der Waals surface area contributed by atoms with Gasteiger partial charge in [-0.2, -0.15) is 0 Å². The van der Waals surface area contributed by atoms with E-state index in [0.717, 1.165) is 32.1 Å². The number of aryl methyl sites for hydroxylation is 1. The van der Waals surface area contributed by atoms with Crippen molar-refractivity contribution >= 4 is 5.78 Å². The van der Waals surface area contributed by atoms with Crippen molar-refractivity contribution in [3.05, 3.63) is 35.9 Å². The Hall–Kier alpha value is -1.15. The van der Waals surface area contributed by atoms with Gasteiger partial charge in [-0.1, -0.05) is 56.0 Å². The number of benzene rings is 1. The third-order valence-electron chi connectivity index (χ3n) is 4.32. The summed E-state index contributed by atoms with van der Waals surface area (Å²) in [5.41, 5.74) is 0.751. The molecule has 0 heterocycles. The minimum atomic E-state index is -0.486. The second-order valence-corrected chi connectivity index (χ2v) is 5.75. The van der Waals surface area contributed by atoms with Crippen LogP contribution in [-0.4, -0.2) is 18.0 Å². The van der Waals surface area contributed by atoms with E-state index in [2.05, 4.69) is 12.1 Å². The van der Waals surface area contributed by atoms with Crippen LogP contribution >= 0.6 is 0 Å². The molecule has 0 atom stereocenters. The van der Waals surface area contributed by atoms with Gasteiger partial charge in [-0.25, -0.2) is 0 Å². The van der Waals surface area contributed by atoms with Crippen LogP contribution in [0.2, 0.25) is 0 Å². The highest BCUT2D eigenvalue weighted by molar-refractivity contribution is 5.87. The zero-order valence-corrected chi connectivity index (χ0v) is 12.6. The summed E-state index contributed by atoms with van der Waals surface area (Å²) in [7, 11) is 0. The number of ether oxygens (including phenoxy) is 1. The van der Waals surface area contributed by atoms with Gasteiger partial charge >= 0.3 is 0 Å². The maximum atomic E-state index is 12.7. The molecule has 0 saturated heterocycles. The van der Waals surface area contributed by atoms with E-state index in [9.17, 15) is 4.79 Å². The van der Waals surface area contributed by atoms with E-state index in [4.69, 9.17) is 4.74 Å². The average Bonchev–Trinajstić information content (AvgIpc) is 2.73. The van der Waals surface area contributed by atoms with E-state index < -0.39 is 5.60 Å². The van der Waals surface area contributed by atoms with Crippen LogP contribution in [0.15, 0.2) is 30.3 Å². The molecule has 0 amide bonds. The van der Waals surface area contributed by atoms with Crippen LogP contribution in [0.3, 0.4) is 0 Å². The van der Waals surface area contributed by atoms with Gasteiger partial charge in [0, 0.05) is 13.0 Å². The standard InChI is InChI=1S/C18H26O2/c1-2-20-18(14-8-3-4-9-15-18)17(19)13-12-16-10-6-5-7-11-16/h5-7,10-11H,2-4,8-9,12-15H2,1H3. The molecule has 110 valence electrons. The van der Waals surface area contributed by atoms with Crippen molar-refractivity contribution in [2.75, 3.05) is 6.61 Å². The zero-order chi connectivity index (χ0) is 14.3. The van der Waals surface area contributed by atoms with Gasteiger partial charge in [0.15, 0.2) is 5.78 Å². The predicted octanol–water partition coefficient (Wildman–Crippen LogP) is 4.32. The molecule has 1 aliphatic rings. The number of carbonyl (C=O) groups is 1. The molecular weight excluding hydrogens is 248 g/mol. The molecular formula is C18H26O2. The summed E-state index contributed by atoms with van der Waals surface area (Å²) in [6.45, 7) is 2.63. The predicted molar refractivity (Wildman–Crippen MR) is 81.8 cm³/mol. The fourth-order valence-electron chi connectivity index (χ4n) is 3.21. The van der Waals surface area contributed by atoms with Crippen molar-refractivity contribution in [2.24, 2.45) is 0 Å². The Bertz CT molecular complexity index is 403. The van der Waals surface area contributed by atoms with Crippen LogP contribution in [0.25, 0.3) is 0 Å². The van der Waals surface area contributed by atoms with E-state index in [1.165, 1.54) is 18.4 Å². The fraction of sp³-hybridized carbons (Fsp3) is 0.611. The van der Waals surface area contributed by atoms with Gasteiger partial charge in [0.1, 0.15) is 5.60 Å². The van der Waals surface area contributed by atoms with Crippen LogP contribution in [0.1, 0.15) is 57.4 Å². The third-order valence-corrected chi connectivity index (χ3v) is 4.32. The lowest BCUT2D eigenvalue weighted by molar-refractivity contribution is -0.146. The molecule has 1 aliphatic carbocycles. The minimum absolute atomic E-state index is 0.310. The summed E-state index contributed by atoms with van der Waals surface area (Å²) in [6.07, 6.45) is 7.97. The molecule has 1 saturated carbocycles. The van der Waals surface area contributed by atoms with Crippen molar-refractivity contribution < 1.29 is 9.53 Å². The monoisotopic (exact) mass is 274 g/mol. The number of Topliss-reactive ketones (excluding diaryl/α,β-unsaturated/α-hetero) is 1. The van der Waals surface area contributed by atoms with E-state index in [1.54, 1.807) is 0 Å². The molecule has 0 aromatic heterocycles. The highest BCUT2D eigenvalue weighted by Gasteiger charge is 2.38. The first-order chi connectivity index (χ1) is 9.77. The minimum Gasteiger partial charge on any atom is -0.368 e. The first kappa shape index (κ1) is 15.2. The molecule has 1 aromatic carbocycles. The van der Waals surface area contributed by atoms with Gasteiger partial charge < -0.3 is 4.74 Å². The molecule has 2 heteroatoms. The highest BCUT2D eigenvalue weighted by Crippen LogP contribution is 2.32. The highest BCUT2D eigenvalue weighted by atomic mass is 16.5. The fourth-order valence-corrected chi connectivity index (χ4v) is 3.21. The summed E-state index contributed by atoms with van der Waals surface area (Å²) in [6, 6.07) is 10.3. The summed E-state index contributed by atoms with van der Waals surface area (Å²) >= 11 is 0. The van der Waals surface area contributed by atoms with E-state index in [-0.39, 0.29) is 0 Å². The van der Waals surface area contributed by atoms with Crippen LogP contribution in [0.4, 0.5) is 0 Å². The quantitative estimate of drug-likeness (QED) is 0.722. The molecule has 0 spiro atoms. The smallest absolute Gasteiger partial charge is 0.164 e. The van der Waals surface area contributed by atoms with Crippen LogP contribution in [0, 0.1) is 0 Å². The maximum Gasteiger partial charge on any atom is 0.164 e. The number of hydrogen-bond acceptors (Lipinski definition) is 2. The summed E-state index contributed by atoms with van der Waals surface area (Å²) in [4.78, 5) is 12.7. The maximum absolute atomic E-state index is 12.7.